The van der Waals surface area contributed by atoms with E-state index in [-0.39, 0.29) is 0 Å². The summed E-state index contributed by atoms with van der Waals surface area (Å²) < 4.78 is 14.9. The van der Waals surface area contributed by atoms with Gasteiger partial charge in [-0.05, 0) is 16.7 Å². The summed E-state index contributed by atoms with van der Waals surface area (Å²) >= 11 is 0. The molecule has 0 aliphatic heterocycles. The molecule has 4 heteroatoms. The molecule has 0 saturated carbocycles. The zero-order chi connectivity index (χ0) is 15.2. The summed E-state index contributed by atoms with van der Waals surface area (Å²) in [5, 5.41) is 0. The molecule has 0 aliphatic rings. The third kappa shape index (κ3) is 3.74. The lowest BCUT2D eigenvalue weighted by molar-refractivity contribution is 0.120. The van der Waals surface area contributed by atoms with Crippen LogP contribution in [0.5, 0.6) is 0 Å². The standard InChI is InChI=1S/C18H16O4/c19-18-21-13-17(22-18)10-11-20-12-14-6-8-16(9-7-14)15-4-2-1-3-5-15/h1-9,13H,10-12H2. The van der Waals surface area contributed by atoms with E-state index >= 15 is 0 Å². The molecule has 0 aliphatic carbocycles. The summed E-state index contributed by atoms with van der Waals surface area (Å²) in [6.07, 6.45) is 1.84. The Morgan fingerprint density at radius 3 is 2.32 bits per heavy atom. The van der Waals surface area contributed by atoms with Crippen LogP contribution in [0, 0.1) is 0 Å². The molecule has 0 bridgehead atoms. The lowest BCUT2D eigenvalue weighted by atomic mass is 10.0. The Morgan fingerprint density at radius 2 is 1.64 bits per heavy atom. The Bertz CT molecular complexity index is 754. The molecule has 0 radical (unpaired) electrons. The zero-order valence-electron chi connectivity index (χ0n) is 12.0. The van der Waals surface area contributed by atoms with Crippen molar-refractivity contribution in [2.24, 2.45) is 0 Å². The van der Waals surface area contributed by atoms with Gasteiger partial charge < -0.3 is 13.6 Å². The highest BCUT2D eigenvalue weighted by Gasteiger charge is 2.02. The van der Waals surface area contributed by atoms with E-state index in [1.807, 2.05) is 18.2 Å². The van der Waals surface area contributed by atoms with E-state index in [0.29, 0.717) is 25.4 Å². The van der Waals surface area contributed by atoms with Crippen molar-refractivity contribution >= 4 is 0 Å². The molecule has 0 N–H and O–H groups in total. The van der Waals surface area contributed by atoms with Crippen molar-refractivity contribution in [1.29, 1.82) is 0 Å². The van der Waals surface area contributed by atoms with Crippen molar-refractivity contribution in [2.45, 2.75) is 13.0 Å². The van der Waals surface area contributed by atoms with E-state index in [2.05, 4.69) is 40.8 Å². The third-order valence-corrected chi connectivity index (χ3v) is 3.32. The van der Waals surface area contributed by atoms with Crippen LogP contribution in [0.15, 0.2) is 74.5 Å². The first kappa shape index (κ1) is 14.4. The number of ether oxygens (including phenoxy) is 1. The van der Waals surface area contributed by atoms with Crippen LogP contribution < -0.4 is 5.82 Å². The summed E-state index contributed by atoms with van der Waals surface area (Å²) in [6.45, 7) is 1.00. The number of hydrogen-bond donors (Lipinski definition) is 0. The molecular weight excluding hydrogens is 280 g/mol. The Hall–Kier alpha value is -2.59. The Morgan fingerprint density at radius 1 is 0.909 bits per heavy atom. The second-order valence-electron chi connectivity index (χ2n) is 4.92. The average Bonchev–Trinajstić information content (AvgIpc) is 2.98. The van der Waals surface area contributed by atoms with E-state index < -0.39 is 5.82 Å². The van der Waals surface area contributed by atoms with Crippen LogP contribution in [0.1, 0.15) is 11.3 Å². The minimum absolute atomic E-state index is 0.475. The second kappa shape index (κ2) is 6.91. The van der Waals surface area contributed by atoms with Crippen LogP contribution in [-0.4, -0.2) is 6.61 Å². The van der Waals surface area contributed by atoms with Crippen molar-refractivity contribution < 1.29 is 13.6 Å². The minimum Gasteiger partial charge on any atom is -0.399 e. The van der Waals surface area contributed by atoms with Gasteiger partial charge in [0.2, 0.25) is 0 Å². The Balaban J connectivity index is 1.50. The molecule has 1 heterocycles. The highest BCUT2D eigenvalue weighted by atomic mass is 16.6. The van der Waals surface area contributed by atoms with E-state index in [1.54, 1.807) is 0 Å². The maximum atomic E-state index is 10.7. The predicted molar refractivity (Wildman–Crippen MR) is 82.5 cm³/mol. The van der Waals surface area contributed by atoms with Gasteiger partial charge in [0.1, 0.15) is 12.0 Å². The van der Waals surface area contributed by atoms with Crippen molar-refractivity contribution in [3.05, 3.63) is 82.8 Å². The molecule has 112 valence electrons. The normalized spacial score (nSPS) is 10.7. The predicted octanol–water partition coefficient (Wildman–Crippen LogP) is 3.66. The van der Waals surface area contributed by atoms with E-state index in [4.69, 9.17) is 9.15 Å². The lowest BCUT2D eigenvalue weighted by Crippen LogP contribution is -1.99. The van der Waals surface area contributed by atoms with Crippen molar-refractivity contribution in [1.82, 2.24) is 0 Å². The third-order valence-electron chi connectivity index (χ3n) is 3.32. The van der Waals surface area contributed by atoms with Gasteiger partial charge in [-0.25, -0.2) is 4.79 Å². The average molecular weight is 296 g/mol. The fourth-order valence-electron chi connectivity index (χ4n) is 2.17. The highest BCUT2D eigenvalue weighted by Crippen LogP contribution is 2.19. The van der Waals surface area contributed by atoms with Crippen molar-refractivity contribution in [2.75, 3.05) is 6.61 Å². The molecule has 22 heavy (non-hydrogen) atoms. The van der Waals surface area contributed by atoms with Gasteiger partial charge in [0.05, 0.1) is 13.2 Å². The number of hydrogen-bond acceptors (Lipinski definition) is 4. The molecule has 0 amide bonds. The fourth-order valence-corrected chi connectivity index (χ4v) is 2.17. The Kier molecular flexibility index (Phi) is 4.51. The molecule has 3 aromatic rings. The first-order chi connectivity index (χ1) is 10.8. The fraction of sp³-hybridized carbons (Fsp3) is 0.167. The SMILES string of the molecule is O=c1occ(CCOCc2ccc(-c3ccccc3)cc2)o1. The van der Waals surface area contributed by atoms with E-state index in [9.17, 15) is 4.79 Å². The maximum absolute atomic E-state index is 10.7. The van der Waals surface area contributed by atoms with Gasteiger partial charge in [0.25, 0.3) is 0 Å². The Labute approximate surface area is 128 Å². The van der Waals surface area contributed by atoms with Crippen molar-refractivity contribution in [3.63, 3.8) is 0 Å². The second-order valence-corrected chi connectivity index (χ2v) is 4.92. The van der Waals surface area contributed by atoms with Crippen molar-refractivity contribution in [3.8, 4) is 11.1 Å². The summed E-state index contributed by atoms with van der Waals surface area (Å²) in [5.41, 5.74) is 3.49. The molecule has 0 atom stereocenters. The molecule has 4 nitrogen and oxygen atoms in total. The highest BCUT2D eigenvalue weighted by molar-refractivity contribution is 5.63. The summed E-state index contributed by atoms with van der Waals surface area (Å²) in [4.78, 5) is 10.7. The molecule has 0 unspecified atom stereocenters. The van der Waals surface area contributed by atoms with Gasteiger partial charge in [0.15, 0.2) is 0 Å². The summed E-state index contributed by atoms with van der Waals surface area (Å²) in [7, 11) is 0. The minimum atomic E-state index is -0.675. The van der Waals surface area contributed by atoms with Crippen LogP contribution in [0.25, 0.3) is 11.1 Å². The molecule has 2 aromatic carbocycles. The largest absolute Gasteiger partial charge is 0.518 e. The van der Waals surface area contributed by atoms with Crippen LogP contribution in [-0.2, 0) is 17.8 Å². The van der Waals surface area contributed by atoms with Gasteiger partial charge in [-0.2, -0.15) is 0 Å². The maximum Gasteiger partial charge on any atom is 0.518 e. The quantitative estimate of drug-likeness (QED) is 0.651. The van der Waals surface area contributed by atoms with Gasteiger partial charge in [-0.15, -0.1) is 0 Å². The summed E-state index contributed by atoms with van der Waals surface area (Å²) in [5.74, 6) is -0.170. The van der Waals surface area contributed by atoms with Gasteiger partial charge in [-0.1, -0.05) is 54.6 Å². The van der Waals surface area contributed by atoms with Crippen LogP contribution in [0.2, 0.25) is 0 Å². The zero-order valence-corrected chi connectivity index (χ0v) is 12.0. The first-order valence-electron chi connectivity index (χ1n) is 7.11. The van der Waals surface area contributed by atoms with Crippen LogP contribution in [0.3, 0.4) is 0 Å². The molecular formula is C18H16O4. The van der Waals surface area contributed by atoms with Gasteiger partial charge in [0, 0.05) is 6.42 Å². The van der Waals surface area contributed by atoms with Gasteiger partial charge >= 0.3 is 5.82 Å². The number of benzene rings is 2. The first-order valence-corrected chi connectivity index (χ1v) is 7.11. The number of rotatable bonds is 6. The van der Waals surface area contributed by atoms with Gasteiger partial charge in [-0.3, -0.25) is 0 Å². The molecule has 0 spiro atoms. The van der Waals surface area contributed by atoms with E-state index in [1.165, 1.54) is 17.4 Å². The van der Waals surface area contributed by atoms with E-state index in [0.717, 1.165) is 5.56 Å². The topological polar surface area (TPSA) is 52.6 Å². The smallest absolute Gasteiger partial charge is 0.399 e. The van der Waals surface area contributed by atoms with Crippen LogP contribution in [0.4, 0.5) is 0 Å². The summed E-state index contributed by atoms with van der Waals surface area (Å²) in [6, 6.07) is 18.5. The molecule has 3 rings (SSSR count). The molecule has 0 fully saturated rings. The van der Waals surface area contributed by atoms with Crippen LogP contribution >= 0.6 is 0 Å². The molecule has 1 aromatic heterocycles. The lowest BCUT2D eigenvalue weighted by Gasteiger charge is -2.05. The monoisotopic (exact) mass is 296 g/mol. The molecule has 0 saturated heterocycles.